The maximum atomic E-state index is 13.2. The molecule has 0 radical (unpaired) electrons. The Morgan fingerprint density at radius 3 is 1.58 bits per heavy atom. The minimum atomic E-state index is -1.12. The van der Waals surface area contributed by atoms with Gasteiger partial charge in [-0.05, 0) is 60.4 Å². The lowest BCUT2D eigenvalue weighted by atomic mass is 9.95. The molecule has 0 atom stereocenters. The lowest BCUT2D eigenvalue weighted by molar-refractivity contribution is -0.151. The van der Waals surface area contributed by atoms with Gasteiger partial charge in [-0.2, -0.15) is 0 Å². The number of amides is 2. The molecule has 2 N–H and O–H groups in total. The van der Waals surface area contributed by atoms with Crippen molar-refractivity contribution in [3.8, 4) is 0 Å². The van der Waals surface area contributed by atoms with Gasteiger partial charge in [0.25, 0.3) is 11.8 Å². The SMILES string of the molecule is C=CCN(C)c1ncccc1C(=O)NC1(C(=O)OCC)Cc2ccccc2C1.CCOC(=O)C1(NC(=O)c2cccnc2Cl)Cc2ccccc2C1. The van der Waals surface area contributed by atoms with Gasteiger partial charge in [0.1, 0.15) is 22.0 Å². The molecular formula is C40H42ClN5O6. The molecule has 0 unspecified atom stereocenters. The molecule has 0 saturated carbocycles. The van der Waals surface area contributed by atoms with Gasteiger partial charge in [-0.3, -0.25) is 9.59 Å². The van der Waals surface area contributed by atoms with Crippen LogP contribution < -0.4 is 15.5 Å². The molecule has 0 bridgehead atoms. The number of rotatable bonds is 11. The van der Waals surface area contributed by atoms with Crippen LogP contribution >= 0.6 is 11.6 Å². The third-order valence-electron chi connectivity index (χ3n) is 9.04. The zero-order valence-corrected chi connectivity index (χ0v) is 30.2. The number of hydrogen-bond donors (Lipinski definition) is 2. The normalized spacial score (nSPS) is 14.4. The number of anilines is 1. The summed E-state index contributed by atoms with van der Waals surface area (Å²) in [6.45, 7) is 8.29. The van der Waals surface area contributed by atoms with E-state index in [1.807, 2.05) is 60.5 Å². The highest BCUT2D eigenvalue weighted by molar-refractivity contribution is 6.32. The van der Waals surface area contributed by atoms with E-state index in [9.17, 15) is 19.2 Å². The monoisotopic (exact) mass is 723 g/mol. The molecule has 2 aromatic carbocycles. The van der Waals surface area contributed by atoms with E-state index in [1.54, 1.807) is 50.4 Å². The minimum Gasteiger partial charge on any atom is -0.464 e. The maximum Gasteiger partial charge on any atom is 0.332 e. The van der Waals surface area contributed by atoms with E-state index in [-0.39, 0.29) is 29.8 Å². The topological polar surface area (TPSA) is 140 Å². The van der Waals surface area contributed by atoms with Crippen LogP contribution in [-0.4, -0.2) is 71.6 Å². The first kappa shape index (κ1) is 37.7. The van der Waals surface area contributed by atoms with Crippen molar-refractivity contribution >= 4 is 41.2 Å². The fraction of sp³-hybridized carbons (Fsp3) is 0.300. The van der Waals surface area contributed by atoms with Gasteiger partial charge in [0.15, 0.2) is 0 Å². The number of aromatic nitrogens is 2. The van der Waals surface area contributed by atoms with E-state index < -0.39 is 28.9 Å². The molecule has 4 aromatic rings. The molecule has 2 heterocycles. The standard InChI is InChI=1S/C22H25N3O3.C18H17ClN2O3/c1-4-13-25(3)19-18(11-8-12-23-19)20(26)24-22(21(27)28-5-2)14-16-9-6-7-10-17(16)15-22;1-2-24-17(23)18(10-12-6-3-4-7-13(12)11-18)21-16(22)14-8-5-9-20-15(14)19/h4,6-12H,1,5,13-15H2,2-3H3,(H,24,26);3-9H,2,10-11H2,1H3,(H,21,22). The van der Waals surface area contributed by atoms with Crippen LogP contribution in [-0.2, 0) is 44.7 Å². The van der Waals surface area contributed by atoms with Gasteiger partial charge in [0.2, 0.25) is 0 Å². The van der Waals surface area contributed by atoms with Crippen LogP contribution in [0, 0.1) is 0 Å². The van der Waals surface area contributed by atoms with Gasteiger partial charge < -0.3 is 25.0 Å². The number of benzene rings is 2. The van der Waals surface area contributed by atoms with E-state index in [0.29, 0.717) is 43.6 Å². The zero-order chi connectivity index (χ0) is 37.3. The molecule has 0 aliphatic heterocycles. The van der Waals surface area contributed by atoms with Gasteiger partial charge in [-0.1, -0.05) is 66.2 Å². The predicted octanol–water partition coefficient (Wildman–Crippen LogP) is 5.10. The molecule has 0 spiro atoms. The van der Waals surface area contributed by atoms with Crippen LogP contribution in [0.1, 0.15) is 56.8 Å². The third kappa shape index (κ3) is 8.15. The number of pyridine rings is 2. The highest BCUT2D eigenvalue weighted by Crippen LogP contribution is 2.33. The number of halogens is 1. The van der Waals surface area contributed by atoms with E-state index in [4.69, 9.17) is 21.1 Å². The summed E-state index contributed by atoms with van der Waals surface area (Å²) in [5, 5.41) is 5.92. The number of hydrogen-bond acceptors (Lipinski definition) is 9. The Morgan fingerprint density at radius 1 is 0.731 bits per heavy atom. The Bertz CT molecular complexity index is 1920. The van der Waals surface area contributed by atoms with Crippen molar-refractivity contribution in [3.05, 3.63) is 136 Å². The molecule has 11 nitrogen and oxygen atoms in total. The third-order valence-corrected chi connectivity index (χ3v) is 9.34. The molecule has 52 heavy (non-hydrogen) atoms. The van der Waals surface area contributed by atoms with Crippen LogP contribution in [0.25, 0.3) is 0 Å². The van der Waals surface area contributed by atoms with E-state index >= 15 is 0 Å². The second kappa shape index (κ2) is 16.6. The maximum absolute atomic E-state index is 13.2. The second-order valence-corrected chi connectivity index (χ2v) is 13.0. The molecule has 0 saturated heterocycles. The van der Waals surface area contributed by atoms with Crippen molar-refractivity contribution in [1.29, 1.82) is 0 Å². The van der Waals surface area contributed by atoms with Crippen LogP contribution in [0.2, 0.25) is 5.15 Å². The molecule has 0 fully saturated rings. The van der Waals surface area contributed by atoms with Crippen molar-refractivity contribution < 1.29 is 28.7 Å². The summed E-state index contributed by atoms with van der Waals surface area (Å²) < 4.78 is 10.5. The summed E-state index contributed by atoms with van der Waals surface area (Å²) in [4.78, 5) is 61.4. The minimum absolute atomic E-state index is 0.101. The quantitative estimate of drug-likeness (QED) is 0.123. The second-order valence-electron chi connectivity index (χ2n) is 12.6. The van der Waals surface area contributed by atoms with E-state index in [0.717, 1.165) is 22.3 Å². The Morgan fingerprint density at radius 2 is 1.15 bits per heavy atom. The molecule has 2 amide bonds. The molecule has 2 aliphatic rings. The number of carbonyl (C=O) groups excluding carboxylic acids is 4. The Kier molecular flexibility index (Phi) is 12.1. The summed E-state index contributed by atoms with van der Waals surface area (Å²) >= 11 is 5.99. The molecular weight excluding hydrogens is 682 g/mol. The van der Waals surface area contributed by atoms with Crippen molar-refractivity contribution in [2.24, 2.45) is 0 Å². The molecule has 2 aromatic heterocycles. The number of likely N-dealkylation sites (N-methyl/N-ethyl adjacent to an activating group) is 1. The highest BCUT2D eigenvalue weighted by atomic mass is 35.5. The molecule has 6 rings (SSSR count). The molecule has 2 aliphatic carbocycles. The van der Waals surface area contributed by atoms with Crippen molar-refractivity contribution in [3.63, 3.8) is 0 Å². The number of esters is 2. The number of nitrogens with one attached hydrogen (secondary N) is 2. The van der Waals surface area contributed by atoms with Crippen LogP contribution in [0.5, 0.6) is 0 Å². The zero-order valence-electron chi connectivity index (χ0n) is 29.5. The van der Waals surface area contributed by atoms with Crippen molar-refractivity contribution in [1.82, 2.24) is 20.6 Å². The van der Waals surface area contributed by atoms with Crippen molar-refractivity contribution in [2.75, 3.05) is 31.7 Å². The largest absolute Gasteiger partial charge is 0.464 e. The Hall–Kier alpha value is -5.55. The first-order valence-corrected chi connectivity index (χ1v) is 17.4. The van der Waals surface area contributed by atoms with Crippen LogP contribution in [0.3, 0.4) is 0 Å². The lowest BCUT2D eigenvalue weighted by Gasteiger charge is -2.29. The summed E-state index contributed by atoms with van der Waals surface area (Å²) in [7, 11) is 1.84. The van der Waals surface area contributed by atoms with Gasteiger partial charge >= 0.3 is 11.9 Å². The fourth-order valence-corrected chi connectivity index (χ4v) is 6.82. The number of ether oxygens (including phenoxy) is 2. The van der Waals surface area contributed by atoms with Crippen molar-refractivity contribution in [2.45, 2.75) is 50.6 Å². The Balaban J connectivity index is 0.000000203. The predicted molar refractivity (Wildman–Crippen MR) is 198 cm³/mol. The average Bonchev–Trinajstić information content (AvgIpc) is 3.71. The summed E-state index contributed by atoms with van der Waals surface area (Å²) in [6.07, 6.45) is 6.49. The fourth-order valence-electron chi connectivity index (χ4n) is 6.62. The number of carbonyl (C=O) groups is 4. The summed E-state index contributed by atoms with van der Waals surface area (Å²) in [5.41, 5.74) is 2.57. The lowest BCUT2D eigenvalue weighted by Crippen LogP contribution is -2.56. The van der Waals surface area contributed by atoms with Gasteiger partial charge in [-0.15, -0.1) is 6.58 Å². The van der Waals surface area contributed by atoms with E-state index in [2.05, 4.69) is 27.2 Å². The van der Waals surface area contributed by atoms with Gasteiger partial charge in [0.05, 0.1) is 24.3 Å². The van der Waals surface area contributed by atoms with Gasteiger partial charge in [-0.25, -0.2) is 19.6 Å². The summed E-state index contributed by atoms with van der Waals surface area (Å²) in [5.74, 6) is -1.10. The van der Waals surface area contributed by atoms with E-state index in [1.165, 1.54) is 6.20 Å². The van der Waals surface area contributed by atoms with Gasteiger partial charge in [0, 0.05) is 51.7 Å². The Labute approximate surface area is 308 Å². The smallest absolute Gasteiger partial charge is 0.332 e. The first-order valence-electron chi connectivity index (χ1n) is 17.1. The van der Waals surface area contributed by atoms with Crippen LogP contribution in [0.4, 0.5) is 5.82 Å². The number of fused-ring (bicyclic) bond motifs is 2. The van der Waals surface area contributed by atoms with Crippen LogP contribution in [0.15, 0.2) is 97.8 Å². The first-order chi connectivity index (χ1) is 25.1. The number of nitrogens with zero attached hydrogens (tertiary/aromatic N) is 3. The summed E-state index contributed by atoms with van der Waals surface area (Å²) in [6, 6.07) is 22.2. The molecule has 12 heteroatoms. The average molecular weight is 724 g/mol. The molecule has 270 valence electrons. The highest BCUT2D eigenvalue weighted by Gasteiger charge is 2.48.